The number of rotatable bonds is 7. The number of nitrogens with zero attached hydrogens (tertiary/aromatic N) is 2. The first-order valence-electron chi connectivity index (χ1n) is 9.87. The third-order valence-corrected chi connectivity index (χ3v) is 5.55. The Morgan fingerprint density at radius 2 is 1.52 bits per heavy atom. The number of ether oxygens (including phenoxy) is 1. The highest BCUT2D eigenvalue weighted by Crippen LogP contribution is 2.33. The second-order valence-electron chi connectivity index (χ2n) is 6.81. The molecule has 5 nitrogen and oxygen atoms in total. The molecular weight excluding hydrogens is 406 g/mol. The van der Waals surface area contributed by atoms with Gasteiger partial charge in [-0.15, -0.1) is 0 Å². The zero-order chi connectivity index (χ0) is 21.5. The van der Waals surface area contributed by atoms with E-state index < -0.39 is 0 Å². The van der Waals surface area contributed by atoms with E-state index in [4.69, 9.17) is 4.74 Å². The number of hydrogen-bond acceptors (Lipinski definition) is 5. The topological polar surface area (TPSA) is 64.1 Å². The minimum atomic E-state index is -0.136. The van der Waals surface area contributed by atoms with Crippen LogP contribution >= 0.6 is 11.8 Å². The molecule has 1 amide bonds. The molecule has 0 aliphatic heterocycles. The molecule has 0 fully saturated rings. The normalized spacial score (nSPS) is 11.5. The number of benzene rings is 3. The Labute approximate surface area is 185 Å². The van der Waals surface area contributed by atoms with Crippen molar-refractivity contribution in [3.05, 3.63) is 108 Å². The van der Waals surface area contributed by atoms with E-state index in [9.17, 15) is 4.79 Å². The van der Waals surface area contributed by atoms with Crippen LogP contribution in [-0.4, -0.2) is 15.9 Å². The van der Waals surface area contributed by atoms with Gasteiger partial charge in [0.2, 0.25) is 0 Å². The molecule has 0 aliphatic carbocycles. The van der Waals surface area contributed by atoms with Gasteiger partial charge in [-0.2, -0.15) is 0 Å². The summed E-state index contributed by atoms with van der Waals surface area (Å²) in [6, 6.07) is 26.7. The van der Waals surface area contributed by atoms with E-state index in [0.717, 1.165) is 10.5 Å². The largest absolute Gasteiger partial charge is 0.437 e. The zero-order valence-electron chi connectivity index (χ0n) is 16.9. The van der Waals surface area contributed by atoms with Gasteiger partial charge >= 0.3 is 0 Å². The average Bonchev–Trinajstić information content (AvgIpc) is 2.82. The number of aromatic nitrogens is 2. The molecule has 0 radical (unpaired) electrons. The zero-order valence-corrected chi connectivity index (χ0v) is 17.8. The average molecular weight is 428 g/mol. The number of amides is 1. The van der Waals surface area contributed by atoms with E-state index in [1.54, 1.807) is 36.7 Å². The lowest BCUT2D eigenvalue weighted by molar-refractivity contribution is 0.0940. The van der Waals surface area contributed by atoms with Gasteiger partial charge in [-0.1, -0.05) is 60.3 Å². The Hall–Kier alpha value is -3.64. The van der Waals surface area contributed by atoms with Crippen molar-refractivity contribution in [3.8, 4) is 11.6 Å². The minimum absolute atomic E-state index is 0.0817. The number of carbonyl (C=O) groups is 1. The van der Waals surface area contributed by atoms with Crippen LogP contribution in [0.2, 0.25) is 0 Å². The standard InChI is InChI=1S/C25H21N3O2S/c1-18(19-8-4-2-5-9-19)28-23(29)20-12-14-21(15-13-20)30-24-25(27-17-16-26-24)31-22-10-6-3-7-11-22/h2-18H,1H3,(H,28,29)/t18-/m0/s1. The molecule has 0 saturated heterocycles. The van der Waals surface area contributed by atoms with Crippen LogP contribution in [0.4, 0.5) is 0 Å². The van der Waals surface area contributed by atoms with Gasteiger partial charge in [0, 0.05) is 22.9 Å². The maximum Gasteiger partial charge on any atom is 0.252 e. The van der Waals surface area contributed by atoms with Gasteiger partial charge in [0.1, 0.15) is 5.75 Å². The van der Waals surface area contributed by atoms with Crippen molar-refractivity contribution < 1.29 is 9.53 Å². The first-order chi connectivity index (χ1) is 15.2. The maximum absolute atomic E-state index is 12.6. The lowest BCUT2D eigenvalue weighted by Gasteiger charge is -2.14. The highest BCUT2D eigenvalue weighted by atomic mass is 32.2. The van der Waals surface area contributed by atoms with E-state index in [0.29, 0.717) is 22.2 Å². The molecule has 1 atom stereocenters. The van der Waals surface area contributed by atoms with Crippen LogP contribution in [0.1, 0.15) is 28.9 Å². The van der Waals surface area contributed by atoms with Crippen molar-refractivity contribution in [2.75, 3.05) is 0 Å². The Morgan fingerprint density at radius 1 is 0.871 bits per heavy atom. The summed E-state index contributed by atoms with van der Waals surface area (Å²) in [4.78, 5) is 22.3. The van der Waals surface area contributed by atoms with Gasteiger partial charge in [0.05, 0.1) is 6.04 Å². The Bertz CT molecular complexity index is 1140. The quantitative estimate of drug-likeness (QED) is 0.397. The summed E-state index contributed by atoms with van der Waals surface area (Å²) in [7, 11) is 0. The summed E-state index contributed by atoms with van der Waals surface area (Å²) in [5.74, 6) is 0.872. The SMILES string of the molecule is C[C@H](NC(=O)c1ccc(Oc2nccnc2Sc2ccccc2)cc1)c1ccccc1. The van der Waals surface area contributed by atoms with Crippen LogP contribution in [-0.2, 0) is 0 Å². The fraction of sp³-hybridized carbons (Fsp3) is 0.0800. The van der Waals surface area contributed by atoms with E-state index in [-0.39, 0.29) is 11.9 Å². The molecule has 154 valence electrons. The smallest absolute Gasteiger partial charge is 0.252 e. The molecule has 1 heterocycles. The lowest BCUT2D eigenvalue weighted by Crippen LogP contribution is -2.26. The first kappa shape index (κ1) is 20.6. The fourth-order valence-electron chi connectivity index (χ4n) is 2.94. The highest BCUT2D eigenvalue weighted by Gasteiger charge is 2.13. The van der Waals surface area contributed by atoms with Crippen LogP contribution < -0.4 is 10.1 Å². The molecule has 0 aliphatic rings. The van der Waals surface area contributed by atoms with E-state index in [1.165, 1.54) is 11.8 Å². The van der Waals surface area contributed by atoms with Crippen LogP contribution in [0, 0.1) is 0 Å². The monoisotopic (exact) mass is 427 g/mol. The van der Waals surface area contributed by atoms with Crippen LogP contribution in [0.25, 0.3) is 0 Å². The number of nitrogens with one attached hydrogen (secondary N) is 1. The van der Waals surface area contributed by atoms with Crippen molar-refractivity contribution >= 4 is 17.7 Å². The summed E-state index contributed by atoms with van der Waals surface area (Å²) < 4.78 is 5.94. The van der Waals surface area contributed by atoms with Crippen LogP contribution in [0.5, 0.6) is 11.6 Å². The summed E-state index contributed by atoms with van der Waals surface area (Å²) in [6.45, 7) is 1.96. The van der Waals surface area contributed by atoms with Crippen molar-refractivity contribution in [2.45, 2.75) is 22.9 Å². The first-order valence-corrected chi connectivity index (χ1v) is 10.7. The summed E-state index contributed by atoms with van der Waals surface area (Å²) in [6.07, 6.45) is 3.23. The van der Waals surface area contributed by atoms with Crippen molar-refractivity contribution in [3.63, 3.8) is 0 Å². The van der Waals surface area contributed by atoms with Gasteiger partial charge in [-0.3, -0.25) is 4.79 Å². The molecule has 4 rings (SSSR count). The molecule has 0 saturated carbocycles. The molecule has 1 aromatic heterocycles. The molecule has 1 N–H and O–H groups in total. The molecular formula is C25H21N3O2S. The summed E-state index contributed by atoms with van der Waals surface area (Å²) in [5, 5.41) is 3.69. The highest BCUT2D eigenvalue weighted by molar-refractivity contribution is 7.99. The van der Waals surface area contributed by atoms with Gasteiger partial charge in [-0.25, -0.2) is 9.97 Å². The lowest BCUT2D eigenvalue weighted by atomic mass is 10.1. The van der Waals surface area contributed by atoms with E-state index >= 15 is 0 Å². The third-order valence-electron chi connectivity index (χ3n) is 4.57. The van der Waals surface area contributed by atoms with Crippen molar-refractivity contribution in [1.82, 2.24) is 15.3 Å². The van der Waals surface area contributed by atoms with Crippen LogP contribution in [0.15, 0.2) is 107 Å². The molecule has 4 aromatic rings. The molecule has 31 heavy (non-hydrogen) atoms. The Balaban J connectivity index is 1.43. The van der Waals surface area contributed by atoms with E-state index in [1.807, 2.05) is 67.6 Å². The molecule has 6 heteroatoms. The summed E-state index contributed by atoms with van der Waals surface area (Å²) >= 11 is 1.48. The fourth-order valence-corrected chi connectivity index (χ4v) is 3.76. The van der Waals surface area contributed by atoms with Crippen molar-refractivity contribution in [1.29, 1.82) is 0 Å². The minimum Gasteiger partial charge on any atom is -0.437 e. The van der Waals surface area contributed by atoms with Crippen molar-refractivity contribution in [2.24, 2.45) is 0 Å². The van der Waals surface area contributed by atoms with Gasteiger partial charge in [0.25, 0.3) is 11.8 Å². The second kappa shape index (κ2) is 9.91. The van der Waals surface area contributed by atoms with Gasteiger partial charge in [-0.05, 0) is 48.9 Å². The molecule has 3 aromatic carbocycles. The second-order valence-corrected chi connectivity index (χ2v) is 7.88. The Morgan fingerprint density at radius 3 is 2.23 bits per heavy atom. The third kappa shape index (κ3) is 5.49. The van der Waals surface area contributed by atoms with Gasteiger partial charge in [0.15, 0.2) is 5.03 Å². The Kier molecular flexibility index (Phi) is 6.59. The number of carbonyl (C=O) groups excluding carboxylic acids is 1. The van der Waals surface area contributed by atoms with Gasteiger partial charge < -0.3 is 10.1 Å². The number of hydrogen-bond donors (Lipinski definition) is 1. The predicted molar refractivity (Wildman–Crippen MR) is 121 cm³/mol. The predicted octanol–water partition coefficient (Wildman–Crippen LogP) is 5.91. The molecule has 0 unspecified atom stereocenters. The summed E-state index contributed by atoms with van der Waals surface area (Å²) in [5.41, 5.74) is 1.62. The maximum atomic E-state index is 12.6. The molecule has 0 bridgehead atoms. The van der Waals surface area contributed by atoms with E-state index in [2.05, 4.69) is 15.3 Å². The van der Waals surface area contributed by atoms with Crippen LogP contribution in [0.3, 0.4) is 0 Å². The molecule has 0 spiro atoms.